The molecule has 0 spiro atoms. The van der Waals surface area contributed by atoms with Crippen LogP contribution in [-0.4, -0.2) is 50.8 Å². The first kappa shape index (κ1) is 36.3. The molecule has 240 valence electrons. The molecular formula is C31H54F6N2OSi. The fourth-order valence-electron chi connectivity index (χ4n) is 7.01. The van der Waals surface area contributed by atoms with Gasteiger partial charge in [0.25, 0.3) is 0 Å². The first-order valence-corrected chi connectivity index (χ1v) is 19.2. The van der Waals surface area contributed by atoms with E-state index in [0.29, 0.717) is 38.7 Å². The maximum absolute atomic E-state index is 13.7. The summed E-state index contributed by atoms with van der Waals surface area (Å²) in [5.74, 6) is -3.27. The number of hydrogen-bond donors (Lipinski definition) is 0. The summed E-state index contributed by atoms with van der Waals surface area (Å²) in [7, 11) is -1.71. The van der Waals surface area contributed by atoms with Crippen LogP contribution in [0.4, 0.5) is 26.3 Å². The molecule has 0 aromatic heterocycles. The van der Waals surface area contributed by atoms with Gasteiger partial charge >= 0.3 is 12.4 Å². The molecule has 2 rings (SSSR count). The van der Waals surface area contributed by atoms with Gasteiger partial charge in [0.1, 0.15) is 0 Å². The lowest BCUT2D eigenvalue weighted by Gasteiger charge is -2.41. The van der Waals surface area contributed by atoms with E-state index in [4.69, 9.17) is 14.4 Å². The van der Waals surface area contributed by atoms with E-state index < -0.39 is 32.5 Å². The van der Waals surface area contributed by atoms with Crippen LogP contribution < -0.4 is 0 Å². The van der Waals surface area contributed by atoms with Crippen molar-refractivity contribution < 1.29 is 30.8 Å². The van der Waals surface area contributed by atoms with Gasteiger partial charge in [0.15, 0.2) is 8.32 Å². The van der Waals surface area contributed by atoms with Crippen LogP contribution in [0.5, 0.6) is 0 Å². The van der Waals surface area contributed by atoms with Gasteiger partial charge in [0, 0.05) is 6.61 Å². The molecule has 3 nitrogen and oxygen atoms in total. The summed E-state index contributed by atoms with van der Waals surface area (Å²) in [6, 6.07) is -0.427. The zero-order valence-electron chi connectivity index (χ0n) is 26.5. The monoisotopic (exact) mass is 612 g/mol. The molecule has 41 heavy (non-hydrogen) atoms. The predicted molar refractivity (Wildman–Crippen MR) is 159 cm³/mol. The maximum Gasteiger partial charge on any atom is 0.391 e. The summed E-state index contributed by atoms with van der Waals surface area (Å²) >= 11 is 0. The lowest BCUT2D eigenvalue weighted by Crippen LogP contribution is -2.42. The van der Waals surface area contributed by atoms with Crippen molar-refractivity contribution in [3.8, 4) is 0 Å². The molecule has 0 bridgehead atoms. The van der Waals surface area contributed by atoms with Gasteiger partial charge in [-0.25, -0.2) is 0 Å². The summed E-state index contributed by atoms with van der Waals surface area (Å²) in [6.45, 7) is 16.6. The van der Waals surface area contributed by atoms with Crippen LogP contribution in [0.25, 0.3) is 0 Å². The van der Waals surface area contributed by atoms with Crippen molar-refractivity contribution in [2.75, 3.05) is 6.61 Å². The molecule has 0 saturated heterocycles. The Labute approximate surface area is 245 Å². The van der Waals surface area contributed by atoms with E-state index in [1.807, 2.05) is 34.6 Å². The quantitative estimate of drug-likeness (QED) is 0.0934. The molecule has 0 heterocycles. The van der Waals surface area contributed by atoms with Crippen LogP contribution in [0, 0.1) is 35.5 Å². The highest BCUT2D eigenvalue weighted by Crippen LogP contribution is 2.47. The topological polar surface area (TPSA) is 34.0 Å². The Morgan fingerprint density at radius 1 is 0.683 bits per heavy atom. The summed E-state index contributed by atoms with van der Waals surface area (Å²) < 4.78 is 88.4. The van der Waals surface area contributed by atoms with E-state index in [2.05, 4.69) is 19.6 Å². The highest BCUT2D eigenvalue weighted by molar-refractivity contribution is 6.69. The normalized spacial score (nSPS) is 32.8. The zero-order chi connectivity index (χ0) is 31.2. The summed E-state index contributed by atoms with van der Waals surface area (Å²) in [5.41, 5.74) is 1.52. The Kier molecular flexibility index (Phi) is 13.5. The fourth-order valence-corrected chi connectivity index (χ4v) is 7.76. The minimum absolute atomic E-state index is 0.0874. The molecule has 2 saturated carbocycles. The van der Waals surface area contributed by atoms with Crippen LogP contribution in [0.3, 0.4) is 0 Å². The third kappa shape index (κ3) is 10.6. The minimum atomic E-state index is -4.20. The van der Waals surface area contributed by atoms with Gasteiger partial charge in [0.05, 0.1) is 35.3 Å². The van der Waals surface area contributed by atoms with E-state index in [-0.39, 0.29) is 61.4 Å². The molecule has 2 aliphatic carbocycles. The molecule has 4 atom stereocenters. The fraction of sp³-hybridized carbons (Fsp3) is 0.935. The van der Waals surface area contributed by atoms with Crippen molar-refractivity contribution in [3.63, 3.8) is 0 Å². The molecule has 2 aliphatic rings. The zero-order valence-corrected chi connectivity index (χ0v) is 27.5. The Hall–Kier alpha value is -0.903. The molecule has 0 amide bonds. The SMILES string of the molecule is CCC1CC(C(F)(F)F)CC(CC)C1N=C(C)C(CCCO[Si](C)(C)C)=NC1C(CC)CC(C(F)(F)F)CC1CC. The van der Waals surface area contributed by atoms with E-state index >= 15 is 0 Å². The van der Waals surface area contributed by atoms with Crippen molar-refractivity contribution >= 4 is 19.7 Å². The van der Waals surface area contributed by atoms with Crippen LogP contribution in [0.1, 0.15) is 98.8 Å². The van der Waals surface area contributed by atoms with Crippen LogP contribution in [-0.2, 0) is 4.43 Å². The second-order valence-corrected chi connectivity index (χ2v) is 17.9. The largest absolute Gasteiger partial charge is 0.418 e. The van der Waals surface area contributed by atoms with Gasteiger partial charge in [-0.05, 0) is 88.8 Å². The smallest absolute Gasteiger partial charge is 0.391 e. The lowest BCUT2D eigenvalue weighted by atomic mass is 9.69. The third-order valence-electron chi connectivity index (χ3n) is 9.46. The number of alkyl halides is 6. The average molecular weight is 613 g/mol. The Bertz CT molecular complexity index is 838. The number of rotatable bonds is 12. The molecular weight excluding hydrogens is 558 g/mol. The molecule has 4 unspecified atom stereocenters. The molecule has 2 fully saturated rings. The molecule has 0 N–H and O–H groups in total. The highest BCUT2D eigenvalue weighted by atomic mass is 28.4. The molecule has 0 aromatic rings. The average Bonchev–Trinajstić information content (AvgIpc) is 2.88. The number of halogens is 6. The predicted octanol–water partition coefficient (Wildman–Crippen LogP) is 10.3. The van der Waals surface area contributed by atoms with E-state index in [0.717, 1.165) is 17.8 Å². The van der Waals surface area contributed by atoms with Gasteiger partial charge < -0.3 is 4.43 Å². The second-order valence-electron chi connectivity index (χ2n) is 13.4. The van der Waals surface area contributed by atoms with Crippen molar-refractivity contribution in [3.05, 3.63) is 0 Å². The van der Waals surface area contributed by atoms with Crippen molar-refractivity contribution in [1.29, 1.82) is 0 Å². The van der Waals surface area contributed by atoms with E-state index in [1.54, 1.807) is 0 Å². The maximum atomic E-state index is 13.7. The number of hydrogen-bond acceptors (Lipinski definition) is 3. The molecule has 0 aromatic carbocycles. The highest BCUT2D eigenvalue weighted by Gasteiger charge is 2.49. The lowest BCUT2D eigenvalue weighted by molar-refractivity contribution is -0.192. The first-order valence-electron chi connectivity index (χ1n) is 15.8. The Balaban J connectivity index is 2.45. The van der Waals surface area contributed by atoms with Gasteiger partial charge in [0.2, 0.25) is 0 Å². The Morgan fingerprint density at radius 2 is 1.05 bits per heavy atom. The molecule has 0 aliphatic heterocycles. The third-order valence-corrected chi connectivity index (χ3v) is 10.5. The Morgan fingerprint density at radius 3 is 1.37 bits per heavy atom. The van der Waals surface area contributed by atoms with Gasteiger partial charge in [-0.2, -0.15) is 26.3 Å². The molecule has 0 radical (unpaired) electrons. The van der Waals surface area contributed by atoms with Crippen molar-refractivity contribution in [2.24, 2.45) is 45.5 Å². The first-order chi connectivity index (χ1) is 18.9. The second kappa shape index (κ2) is 15.2. The minimum Gasteiger partial charge on any atom is -0.418 e. The number of nitrogens with zero attached hydrogens (tertiary/aromatic N) is 2. The van der Waals surface area contributed by atoms with Gasteiger partial charge in [-0.3, -0.25) is 9.98 Å². The van der Waals surface area contributed by atoms with E-state index in [1.165, 1.54) is 0 Å². The number of aliphatic imine (C=N–C) groups is 2. The van der Waals surface area contributed by atoms with Crippen LogP contribution in [0.15, 0.2) is 9.98 Å². The van der Waals surface area contributed by atoms with Crippen molar-refractivity contribution in [1.82, 2.24) is 0 Å². The van der Waals surface area contributed by atoms with Crippen LogP contribution >= 0.6 is 0 Å². The summed E-state index contributed by atoms with van der Waals surface area (Å²) in [4.78, 5) is 10.3. The van der Waals surface area contributed by atoms with E-state index in [9.17, 15) is 26.3 Å². The standard InChI is InChI=1S/C31H54F6N2OSi/c1-9-21-16-25(30(32,33)34)17-22(10-2)28(21)38-20(5)27(14-13-15-40-41(6,7)8)39-29-23(11-3)18-26(31(35,36)37)19-24(29)12-4/h21-26,28-29H,9-19H2,1-8H3. The van der Waals surface area contributed by atoms with Gasteiger partial charge in [-0.15, -0.1) is 0 Å². The summed E-state index contributed by atoms with van der Waals surface area (Å²) in [5, 5.41) is 0. The molecule has 10 heteroatoms. The van der Waals surface area contributed by atoms with Crippen molar-refractivity contribution in [2.45, 2.75) is 143 Å². The van der Waals surface area contributed by atoms with Gasteiger partial charge in [-0.1, -0.05) is 53.4 Å². The van der Waals surface area contributed by atoms with Crippen LogP contribution in [0.2, 0.25) is 19.6 Å². The summed E-state index contributed by atoms with van der Waals surface area (Å²) in [6.07, 6.45) is -4.25.